The zero-order valence-electron chi connectivity index (χ0n) is 12.8. The van der Waals surface area contributed by atoms with Gasteiger partial charge in [0.1, 0.15) is 5.15 Å². The molecule has 0 amide bonds. The maximum atomic E-state index is 6.03. The summed E-state index contributed by atoms with van der Waals surface area (Å²) in [5.74, 6) is 0.795. The predicted molar refractivity (Wildman–Crippen MR) is 89.1 cm³/mol. The predicted octanol–water partition coefficient (Wildman–Crippen LogP) is 3.83. The van der Waals surface area contributed by atoms with E-state index in [4.69, 9.17) is 11.6 Å². The van der Waals surface area contributed by atoms with Gasteiger partial charge in [-0.3, -0.25) is 0 Å². The third-order valence-electron chi connectivity index (χ3n) is 4.81. The average molecular weight is 308 g/mol. The van der Waals surface area contributed by atoms with Gasteiger partial charge in [-0.25, -0.2) is 4.98 Å². The molecule has 0 aromatic carbocycles. The maximum Gasteiger partial charge on any atom is 0.131 e. The first-order chi connectivity index (χ1) is 10.3. The Hall–Kier alpha value is -0.800. The number of anilines is 1. The van der Waals surface area contributed by atoms with Gasteiger partial charge in [0, 0.05) is 31.5 Å². The Labute approximate surface area is 133 Å². The SMILES string of the molecule is Clc1cc(N2CCCC(CN3CCCCCC3)C2)ccn1. The van der Waals surface area contributed by atoms with E-state index in [1.165, 1.54) is 63.8 Å². The van der Waals surface area contributed by atoms with Crippen LogP contribution < -0.4 is 4.90 Å². The molecular weight excluding hydrogens is 282 g/mol. The maximum absolute atomic E-state index is 6.03. The van der Waals surface area contributed by atoms with E-state index in [-0.39, 0.29) is 0 Å². The van der Waals surface area contributed by atoms with Gasteiger partial charge in [-0.05, 0) is 56.8 Å². The van der Waals surface area contributed by atoms with Crippen molar-refractivity contribution in [3.05, 3.63) is 23.5 Å². The van der Waals surface area contributed by atoms with Gasteiger partial charge in [-0.2, -0.15) is 0 Å². The Bertz CT molecular complexity index is 443. The van der Waals surface area contributed by atoms with Gasteiger partial charge in [-0.15, -0.1) is 0 Å². The van der Waals surface area contributed by atoms with E-state index in [2.05, 4.69) is 20.9 Å². The van der Waals surface area contributed by atoms with Crippen molar-refractivity contribution in [2.45, 2.75) is 38.5 Å². The minimum atomic E-state index is 0.599. The van der Waals surface area contributed by atoms with Gasteiger partial charge < -0.3 is 9.80 Å². The number of piperidine rings is 1. The fraction of sp³-hybridized carbons (Fsp3) is 0.706. The fourth-order valence-electron chi connectivity index (χ4n) is 3.72. The molecule has 21 heavy (non-hydrogen) atoms. The highest BCUT2D eigenvalue weighted by molar-refractivity contribution is 6.29. The highest BCUT2D eigenvalue weighted by Crippen LogP contribution is 2.25. The lowest BCUT2D eigenvalue weighted by atomic mass is 9.97. The van der Waals surface area contributed by atoms with Crippen LogP contribution in [0.15, 0.2) is 18.3 Å². The second kappa shape index (κ2) is 7.46. The molecule has 0 N–H and O–H groups in total. The number of hydrogen-bond donors (Lipinski definition) is 0. The number of likely N-dealkylation sites (tertiary alicyclic amines) is 1. The molecule has 116 valence electrons. The van der Waals surface area contributed by atoms with Crippen LogP contribution in [0.5, 0.6) is 0 Å². The quantitative estimate of drug-likeness (QED) is 0.791. The molecule has 4 heteroatoms. The second-order valence-electron chi connectivity index (χ2n) is 6.51. The van der Waals surface area contributed by atoms with E-state index in [1.807, 2.05) is 12.3 Å². The molecule has 0 spiro atoms. The molecule has 1 aromatic heterocycles. The smallest absolute Gasteiger partial charge is 0.131 e. The summed E-state index contributed by atoms with van der Waals surface area (Å²) in [6.45, 7) is 6.19. The number of hydrogen-bond acceptors (Lipinski definition) is 3. The lowest BCUT2D eigenvalue weighted by Crippen LogP contribution is -2.41. The van der Waals surface area contributed by atoms with Crippen molar-refractivity contribution in [1.29, 1.82) is 0 Å². The largest absolute Gasteiger partial charge is 0.371 e. The fourth-order valence-corrected chi connectivity index (χ4v) is 3.89. The zero-order chi connectivity index (χ0) is 14.5. The normalized spacial score (nSPS) is 24.8. The number of nitrogens with zero attached hydrogens (tertiary/aromatic N) is 3. The Morgan fingerprint density at radius 2 is 1.90 bits per heavy atom. The number of pyridine rings is 1. The van der Waals surface area contributed by atoms with Crippen LogP contribution in [0.3, 0.4) is 0 Å². The second-order valence-corrected chi connectivity index (χ2v) is 6.89. The summed E-state index contributed by atoms with van der Waals surface area (Å²) >= 11 is 6.03. The molecule has 0 saturated carbocycles. The summed E-state index contributed by atoms with van der Waals surface area (Å²) in [4.78, 5) is 9.27. The molecule has 3 heterocycles. The van der Waals surface area contributed by atoms with Crippen molar-refractivity contribution in [3.8, 4) is 0 Å². The van der Waals surface area contributed by atoms with Crippen molar-refractivity contribution >= 4 is 17.3 Å². The first-order valence-corrected chi connectivity index (χ1v) is 8.78. The summed E-state index contributed by atoms with van der Waals surface area (Å²) in [5, 5.41) is 0.599. The van der Waals surface area contributed by atoms with Gasteiger partial charge in [0.25, 0.3) is 0 Å². The molecule has 1 aromatic rings. The summed E-state index contributed by atoms with van der Waals surface area (Å²) in [6.07, 6.45) is 10.1. The molecule has 2 fully saturated rings. The third kappa shape index (κ3) is 4.33. The minimum Gasteiger partial charge on any atom is -0.371 e. The summed E-state index contributed by atoms with van der Waals surface area (Å²) in [7, 11) is 0. The van der Waals surface area contributed by atoms with E-state index in [9.17, 15) is 0 Å². The minimum absolute atomic E-state index is 0.599. The van der Waals surface area contributed by atoms with Crippen LogP contribution in [-0.4, -0.2) is 42.6 Å². The lowest BCUT2D eigenvalue weighted by molar-refractivity contribution is 0.222. The highest BCUT2D eigenvalue weighted by atomic mass is 35.5. The summed E-state index contributed by atoms with van der Waals surface area (Å²) in [5.41, 5.74) is 1.23. The first-order valence-electron chi connectivity index (χ1n) is 8.40. The molecule has 1 unspecified atom stereocenters. The van der Waals surface area contributed by atoms with Crippen molar-refractivity contribution in [3.63, 3.8) is 0 Å². The molecule has 1 atom stereocenters. The Kier molecular flexibility index (Phi) is 5.37. The van der Waals surface area contributed by atoms with Gasteiger partial charge in [0.05, 0.1) is 0 Å². The van der Waals surface area contributed by atoms with Crippen LogP contribution >= 0.6 is 11.6 Å². The molecule has 0 radical (unpaired) electrons. The molecule has 2 saturated heterocycles. The molecule has 3 nitrogen and oxygen atoms in total. The van der Waals surface area contributed by atoms with E-state index in [1.54, 1.807) is 0 Å². The number of halogens is 1. The van der Waals surface area contributed by atoms with Crippen LogP contribution in [-0.2, 0) is 0 Å². The monoisotopic (exact) mass is 307 g/mol. The molecular formula is C17H26ClN3. The van der Waals surface area contributed by atoms with Crippen molar-refractivity contribution in [2.75, 3.05) is 37.6 Å². The molecule has 0 bridgehead atoms. The summed E-state index contributed by atoms with van der Waals surface area (Å²) in [6, 6.07) is 4.08. The molecule has 0 aliphatic carbocycles. The van der Waals surface area contributed by atoms with Crippen molar-refractivity contribution in [2.24, 2.45) is 5.92 Å². The third-order valence-corrected chi connectivity index (χ3v) is 5.02. The van der Waals surface area contributed by atoms with E-state index in [0.29, 0.717) is 5.15 Å². The topological polar surface area (TPSA) is 19.4 Å². The standard InChI is InChI=1S/C17H26ClN3/c18-17-12-16(7-8-19-17)21-11-5-6-15(14-21)13-20-9-3-1-2-4-10-20/h7-8,12,15H,1-6,9-11,13-14H2. The first kappa shape index (κ1) is 15.1. The lowest BCUT2D eigenvalue weighted by Gasteiger charge is -2.36. The van der Waals surface area contributed by atoms with Crippen LogP contribution in [0.4, 0.5) is 5.69 Å². The van der Waals surface area contributed by atoms with Gasteiger partial charge in [-0.1, -0.05) is 24.4 Å². The van der Waals surface area contributed by atoms with Crippen molar-refractivity contribution in [1.82, 2.24) is 9.88 Å². The summed E-state index contributed by atoms with van der Waals surface area (Å²) < 4.78 is 0. The van der Waals surface area contributed by atoms with E-state index < -0.39 is 0 Å². The van der Waals surface area contributed by atoms with E-state index >= 15 is 0 Å². The van der Waals surface area contributed by atoms with Gasteiger partial charge in [0.2, 0.25) is 0 Å². The van der Waals surface area contributed by atoms with Crippen molar-refractivity contribution < 1.29 is 0 Å². The Balaban J connectivity index is 1.57. The molecule has 3 rings (SSSR count). The van der Waals surface area contributed by atoms with Crippen LogP contribution in [0, 0.1) is 5.92 Å². The average Bonchev–Trinajstić information content (AvgIpc) is 2.76. The van der Waals surface area contributed by atoms with Crippen LogP contribution in [0.2, 0.25) is 5.15 Å². The Morgan fingerprint density at radius 3 is 2.67 bits per heavy atom. The van der Waals surface area contributed by atoms with E-state index in [0.717, 1.165) is 19.0 Å². The highest BCUT2D eigenvalue weighted by Gasteiger charge is 2.23. The van der Waals surface area contributed by atoms with Gasteiger partial charge in [0.15, 0.2) is 0 Å². The number of aromatic nitrogens is 1. The van der Waals surface area contributed by atoms with Crippen LogP contribution in [0.25, 0.3) is 0 Å². The molecule has 2 aliphatic heterocycles. The van der Waals surface area contributed by atoms with Crippen LogP contribution in [0.1, 0.15) is 38.5 Å². The number of rotatable bonds is 3. The van der Waals surface area contributed by atoms with Gasteiger partial charge >= 0.3 is 0 Å². The zero-order valence-corrected chi connectivity index (χ0v) is 13.6. The Morgan fingerprint density at radius 1 is 1.10 bits per heavy atom. The molecule has 2 aliphatic rings.